The van der Waals surface area contributed by atoms with Gasteiger partial charge in [-0.1, -0.05) is 72.8 Å². The van der Waals surface area contributed by atoms with Crippen LogP contribution in [0.2, 0.25) is 0 Å². The van der Waals surface area contributed by atoms with Crippen LogP contribution in [0.4, 0.5) is 0 Å². The standard InChI is InChI=1S/C24H20N4O3/c25-28-26-16-19-13-7-8-14-20(19)21-24(23(29)30,15-17-9-3-1-4-10-17)27-22(31-21)18-11-5-2-6-12-18/h1-14,21,25H,15-16H2/t21-,24-/m0/s1. The van der Waals surface area contributed by atoms with E-state index in [1.165, 1.54) is 0 Å². The first kappa shape index (κ1) is 20.2. The van der Waals surface area contributed by atoms with Gasteiger partial charge in [0.15, 0.2) is 6.10 Å². The van der Waals surface area contributed by atoms with E-state index in [4.69, 9.17) is 10.3 Å². The van der Waals surface area contributed by atoms with E-state index in [0.29, 0.717) is 16.7 Å². The molecule has 1 heterocycles. The van der Waals surface area contributed by atoms with Gasteiger partial charge in [0.05, 0.1) is 5.97 Å². The van der Waals surface area contributed by atoms with E-state index in [9.17, 15) is 9.90 Å². The second-order valence-corrected chi connectivity index (χ2v) is 7.25. The molecule has 0 amide bonds. The molecule has 0 unspecified atom stereocenters. The van der Waals surface area contributed by atoms with Crippen molar-refractivity contribution in [2.45, 2.75) is 24.6 Å². The molecule has 0 radical (unpaired) electrons. The van der Waals surface area contributed by atoms with Crippen molar-refractivity contribution in [2.24, 2.45) is 10.1 Å². The van der Waals surface area contributed by atoms with Crippen LogP contribution in [0, 0.1) is 5.53 Å². The van der Waals surface area contributed by atoms with Crippen LogP contribution in [0.5, 0.6) is 0 Å². The van der Waals surface area contributed by atoms with Crippen LogP contribution in [0.25, 0.3) is 0 Å². The van der Waals surface area contributed by atoms with Gasteiger partial charge in [-0.05, 0) is 23.3 Å². The first-order valence-corrected chi connectivity index (χ1v) is 9.82. The Morgan fingerprint density at radius 1 is 1.03 bits per heavy atom. The molecule has 1 aliphatic heterocycles. The van der Waals surface area contributed by atoms with E-state index in [2.05, 4.69) is 15.0 Å². The molecule has 1 N–H and O–H groups in total. The summed E-state index contributed by atoms with van der Waals surface area (Å²) in [7, 11) is 0. The summed E-state index contributed by atoms with van der Waals surface area (Å²) in [4.78, 5) is 20.3. The highest BCUT2D eigenvalue weighted by atomic mass is 16.5. The predicted octanol–water partition coefficient (Wildman–Crippen LogP) is 2.99. The second kappa shape index (κ2) is 8.73. The van der Waals surface area contributed by atoms with Gasteiger partial charge in [0, 0.05) is 17.5 Å². The normalized spacial score (nSPS) is 19.7. The van der Waals surface area contributed by atoms with Crippen LogP contribution in [-0.4, -0.2) is 17.4 Å². The summed E-state index contributed by atoms with van der Waals surface area (Å²) >= 11 is 0. The number of nitrogens with zero attached hydrogens (tertiary/aromatic N) is 3. The molecule has 2 atom stereocenters. The lowest BCUT2D eigenvalue weighted by Crippen LogP contribution is -2.51. The summed E-state index contributed by atoms with van der Waals surface area (Å²) in [6.07, 6.45) is -0.823. The smallest absolute Gasteiger partial charge is 0.217 e. The Hall–Kier alpha value is -4.09. The van der Waals surface area contributed by atoms with Crippen molar-refractivity contribution < 1.29 is 14.6 Å². The molecule has 31 heavy (non-hydrogen) atoms. The fraction of sp³-hybridized carbons (Fsp3) is 0.167. The zero-order valence-electron chi connectivity index (χ0n) is 16.6. The van der Waals surface area contributed by atoms with Gasteiger partial charge in [-0.2, -0.15) is 0 Å². The molecule has 3 aromatic rings. The van der Waals surface area contributed by atoms with Gasteiger partial charge in [-0.15, -0.1) is 0 Å². The van der Waals surface area contributed by atoms with Crippen LogP contribution in [0.15, 0.2) is 95.0 Å². The molecular formula is C24H20N4O3. The molecule has 7 heteroatoms. The summed E-state index contributed by atoms with van der Waals surface area (Å²) in [5.41, 5.74) is 8.14. The molecule has 0 bridgehead atoms. The number of carbonyl (C=O) groups is 1. The quantitative estimate of drug-likeness (QED) is 0.475. The molecule has 3 aromatic carbocycles. The van der Waals surface area contributed by atoms with E-state index in [-0.39, 0.29) is 18.9 Å². The minimum atomic E-state index is -1.67. The monoisotopic (exact) mass is 412 g/mol. The number of carboxylic acids is 1. The molecular weight excluding hydrogens is 392 g/mol. The van der Waals surface area contributed by atoms with Crippen molar-refractivity contribution in [2.75, 3.05) is 0 Å². The van der Waals surface area contributed by atoms with Crippen LogP contribution >= 0.6 is 0 Å². The molecule has 4 rings (SSSR count). The van der Waals surface area contributed by atoms with Gasteiger partial charge in [0.2, 0.25) is 10.8 Å². The number of carbonyl (C=O) groups excluding carboxylic acids is 1. The largest absolute Gasteiger partial charge is 0.547 e. The van der Waals surface area contributed by atoms with Crippen molar-refractivity contribution in [3.63, 3.8) is 0 Å². The van der Waals surface area contributed by atoms with E-state index in [1.807, 2.05) is 78.9 Å². The van der Waals surface area contributed by atoms with Crippen molar-refractivity contribution >= 4 is 11.9 Å². The average Bonchev–Trinajstić information content (AvgIpc) is 3.19. The maximum Gasteiger partial charge on any atom is 0.217 e. The minimum absolute atomic E-state index is 0.103. The molecule has 154 valence electrons. The fourth-order valence-electron chi connectivity index (χ4n) is 3.82. The maximum absolute atomic E-state index is 12.6. The third kappa shape index (κ3) is 3.99. The van der Waals surface area contributed by atoms with Crippen molar-refractivity contribution in [3.8, 4) is 0 Å². The van der Waals surface area contributed by atoms with Crippen LogP contribution < -0.4 is 10.0 Å². The Bertz CT molecular complexity index is 1160. The Kier molecular flexibility index (Phi) is 5.69. The van der Waals surface area contributed by atoms with Crippen LogP contribution in [0.3, 0.4) is 0 Å². The third-order valence-electron chi connectivity index (χ3n) is 5.30. The van der Waals surface area contributed by atoms with Crippen molar-refractivity contribution in [1.29, 1.82) is 5.53 Å². The van der Waals surface area contributed by atoms with Crippen LogP contribution in [-0.2, 0) is 22.5 Å². The molecule has 0 fully saturated rings. The first-order chi connectivity index (χ1) is 15.1. The molecule has 7 nitrogen and oxygen atoms in total. The zero-order valence-corrected chi connectivity index (χ0v) is 16.6. The van der Waals surface area contributed by atoms with Gasteiger partial charge in [-0.25, -0.2) is 4.99 Å². The third-order valence-corrected chi connectivity index (χ3v) is 5.30. The SMILES string of the molecule is N=[N+]=NCc1ccccc1[C@@H]1OC(c2ccccc2)=N[C@]1(Cc1ccccc1)C(=O)[O-]. The van der Waals surface area contributed by atoms with E-state index >= 15 is 0 Å². The van der Waals surface area contributed by atoms with E-state index < -0.39 is 17.6 Å². The number of nitrogens with one attached hydrogen (secondary N) is 1. The Morgan fingerprint density at radius 2 is 1.68 bits per heavy atom. The Balaban J connectivity index is 1.87. The lowest BCUT2D eigenvalue weighted by Gasteiger charge is -2.33. The van der Waals surface area contributed by atoms with Crippen molar-refractivity contribution in [3.05, 3.63) is 107 Å². The number of rotatable bonds is 7. The number of aliphatic imine (C=N–C) groups is 1. The number of ether oxygens (including phenoxy) is 1. The number of hydrogen-bond donors (Lipinski definition) is 1. The summed E-state index contributed by atoms with van der Waals surface area (Å²) < 4.78 is 6.21. The molecule has 0 aliphatic carbocycles. The van der Waals surface area contributed by atoms with E-state index in [1.54, 1.807) is 6.07 Å². The molecule has 1 aliphatic rings. The zero-order chi connectivity index (χ0) is 21.7. The van der Waals surface area contributed by atoms with Gasteiger partial charge < -0.3 is 14.6 Å². The molecule has 0 spiro atoms. The number of carboxylic acid groups (broad SMARTS) is 1. The summed E-state index contributed by atoms with van der Waals surface area (Å²) in [6, 6.07) is 25.7. The highest BCUT2D eigenvalue weighted by Crippen LogP contribution is 2.43. The Morgan fingerprint density at radius 3 is 2.35 bits per heavy atom. The number of hydrogen-bond acceptors (Lipinski definition) is 6. The molecule has 0 saturated carbocycles. The summed E-state index contributed by atoms with van der Waals surface area (Å²) in [5, 5.41) is 16.4. The summed E-state index contributed by atoms with van der Waals surface area (Å²) in [6.45, 7) is 0.134. The number of benzene rings is 3. The average molecular weight is 412 g/mol. The highest BCUT2D eigenvalue weighted by Gasteiger charge is 2.49. The second-order valence-electron chi connectivity index (χ2n) is 7.25. The van der Waals surface area contributed by atoms with Gasteiger partial charge in [0.1, 0.15) is 22.7 Å². The first-order valence-electron chi connectivity index (χ1n) is 9.82. The van der Waals surface area contributed by atoms with Crippen molar-refractivity contribution in [1.82, 2.24) is 4.91 Å². The molecule has 0 saturated heterocycles. The highest BCUT2D eigenvalue weighted by molar-refractivity contribution is 5.99. The fourth-order valence-corrected chi connectivity index (χ4v) is 3.82. The predicted molar refractivity (Wildman–Crippen MR) is 112 cm³/mol. The topological polar surface area (TPSA) is 112 Å². The van der Waals surface area contributed by atoms with E-state index in [0.717, 1.165) is 5.56 Å². The minimum Gasteiger partial charge on any atom is -0.547 e. The maximum atomic E-state index is 12.6. The van der Waals surface area contributed by atoms with Gasteiger partial charge in [-0.3, -0.25) is 0 Å². The Labute approximate surface area is 179 Å². The van der Waals surface area contributed by atoms with Crippen LogP contribution in [0.1, 0.15) is 28.4 Å². The van der Waals surface area contributed by atoms with Gasteiger partial charge in [0.25, 0.3) is 0 Å². The van der Waals surface area contributed by atoms with Gasteiger partial charge >= 0.3 is 0 Å². The lowest BCUT2D eigenvalue weighted by molar-refractivity contribution is -0.315. The summed E-state index contributed by atoms with van der Waals surface area (Å²) in [5.74, 6) is -1.06. The number of aliphatic carboxylic acids is 1. The molecule has 0 aromatic heterocycles. The lowest BCUT2D eigenvalue weighted by atomic mass is 9.81.